The molecule has 0 saturated carbocycles. The van der Waals surface area contributed by atoms with Crippen LogP contribution in [0.1, 0.15) is 51.2 Å². The van der Waals surface area contributed by atoms with Crippen LogP contribution in [0.25, 0.3) is 22.0 Å². The Morgan fingerprint density at radius 1 is 0.974 bits per heavy atom. The number of H-pyrrole nitrogens is 1. The van der Waals surface area contributed by atoms with Crippen molar-refractivity contribution in [3.63, 3.8) is 0 Å². The number of aromatic amines is 1. The number of aromatic nitrogens is 3. The number of hydrogen-bond donors (Lipinski definition) is 3. The Balaban J connectivity index is 1.24. The zero-order valence-corrected chi connectivity index (χ0v) is 22.3. The second kappa shape index (κ2) is 12.4. The summed E-state index contributed by atoms with van der Waals surface area (Å²) in [5.74, 6) is 0.874. The van der Waals surface area contributed by atoms with E-state index in [1.807, 2.05) is 24.3 Å². The van der Waals surface area contributed by atoms with Crippen LogP contribution in [0.4, 0.5) is 0 Å². The molecule has 1 unspecified atom stereocenters. The number of nitrogens with zero attached hydrogens (tertiary/aromatic N) is 2. The van der Waals surface area contributed by atoms with E-state index >= 15 is 0 Å². The largest absolute Gasteiger partial charge is 0.496 e. The van der Waals surface area contributed by atoms with Gasteiger partial charge in [0.1, 0.15) is 16.5 Å². The Kier molecular flexibility index (Phi) is 8.28. The summed E-state index contributed by atoms with van der Waals surface area (Å²) in [6.45, 7) is 0.507. The van der Waals surface area contributed by atoms with Crippen LogP contribution in [-0.2, 0) is 0 Å². The molecule has 0 aliphatic heterocycles. The molecule has 3 aromatic carbocycles. The number of para-hydroxylation sites is 1. The maximum atomic E-state index is 12.9. The molecule has 0 radical (unpaired) electrons. The van der Waals surface area contributed by atoms with Crippen molar-refractivity contribution in [1.82, 2.24) is 25.6 Å². The summed E-state index contributed by atoms with van der Waals surface area (Å²) in [6, 6.07) is 21.3. The van der Waals surface area contributed by atoms with Gasteiger partial charge in [0.25, 0.3) is 11.8 Å². The van der Waals surface area contributed by atoms with E-state index in [1.165, 1.54) is 16.7 Å². The van der Waals surface area contributed by atoms with E-state index in [2.05, 4.69) is 55.9 Å². The number of thiazole rings is 1. The van der Waals surface area contributed by atoms with E-state index in [1.54, 1.807) is 37.1 Å². The highest BCUT2D eigenvalue weighted by Crippen LogP contribution is 2.26. The summed E-state index contributed by atoms with van der Waals surface area (Å²) < 4.78 is 5.28. The molecule has 39 heavy (non-hydrogen) atoms. The molecule has 3 N–H and O–H groups in total. The summed E-state index contributed by atoms with van der Waals surface area (Å²) in [5, 5.41) is 8.38. The van der Waals surface area contributed by atoms with Gasteiger partial charge in [-0.3, -0.25) is 14.6 Å². The maximum absolute atomic E-state index is 12.9. The first-order valence-corrected chi connectivity index (χ1v) is 13.6. The van der Waals surface area contributed by atoms with Crippen molar-refractivity contribution in [2.45, 2.75) is 25.3 Å². The van der Waals surface area contributed by atoms with Crippen LogP contribution in [0.3, 0.4) is 0 Å². The van der Waals surface area contributed by atoms with Gasteiger partial charge in [-0.2, -0.15) is 0 Å². The third-order valence-corrected chi connectivity index (χ3v) is 7.28. The third kappa shape index (κ3) is 6.32. The molecular formula is C30H29N5O3S. The Morgan fingerprint density at radius 2 is 1.79 bits per heavy atom. The van der Waals surface area contributed by atoms with Gasteiger partial charge in [-0.15, -0.1) is 11.3 Å². The van der Waals surface area contributed by atoms with Crippen molar-refractivity contribution in [2.24, 2.45) is 0 Å². The van der Waals surface area contributed by atoms with E-state index in [0.29, 0.717) is 35.0 Å². The van der Waals surface area contributed by atoms with Crippen molar-refractivity contribution in [2.75, 3.05) is 13.7 Å². The Bertz CT molecular complexity index is 1560. The maximum Gasteiger partial charge on any atom is 0.263 e. The molecule has 5 aromatic rings. The number of unbranched alkanes of at least 4 members (excludes halogenated alkanes) is 1. The second-order valence-corrected chi connectivity index (χ2v) is 9.97. The average Bonchev–Trinajstić information content (AvgIpc) is 3.69. The molecule has 2 aromatic heterocycles. The minimum atomic E-state index is -0.321. The molecule has 0 fully saturated rings. The molecule has 5 rings (SSSR count). The molecule has 2 amide bonds. The number of imidazole rings is 1. The van der Waals surface area contributed by atoms with Gasteiger partial charge in [0, 0.05) is 12.1 Å². The van der Waals surface area contributed by atoms with Gasteiger partial charge in [0.15, 0.2) is 0 Å². The lowest BCUT2D eigenvalue weighted by Crippen LogP contribution is -2.29. The number of fused-ring (bicyclic) bond motifs is 1. The van der Waals surface area contributed by atoms with Crippen molar-refractivity contribution >= 4 is 33.9 Å². The lowest BCUT2D eigenvalue weighted by atomic mass is 10.1. The smallest absolute Gasteiger partial charge is 0.263 e. The van der Waals surface area contributed by atoms with Gasteiger partial charge in [0.2, 0.25) is 0 Å². The van der Waals surface area contributed by atoms with Crippen molar-refractivity contribution in [3.8, 4) is 17.0 Å². The van der Waals surface area contributed by atoms with E-state index in [0.717, 1.165) is 29.5 Å². The standard InChI is InChI=1S/C30H29N5O3S/c1-38-26-12-5-4-10-23(26)29(36)32-15-7-6-11-24(35-30(37)27-18-31-19-39-27)28-33-17-25(34-28)22-14-13-20-8-2-3-9-21(20)16-22/h2-5,8-10,12-14,16-19,24H,6-7,11,15H2,1H3,(H,32,36)(H,33,34)(H,35,37). The van der Waals surface area contributed by atoms with Crippen LogP contribution >= 0.6 is 11.3 Å². The second-order valence-electron chi connectivity index (χ2n) is 9.09. The summed E-state index contributed by atoms with van der Waals surface area (Å²) in [6.07, 6.45) is 5.53. The number of carbonyl (C=O) groups excluding carboxylic acids is 2. The fraction of sp³-hybridized carbons (Fsp3) is 0.200. The molecule has 8 nitrogen and oxygen atoms in total. The first-order valence-electron chi connectivity index (χ1n) is 12.8. The van der Waals surface area contributed by atoms with Crippen LogP contribution in [0.5, 0.6) is 5.75 Å². The number of hydrogen-bond acceptors (Lipinski definition) is 6. The Hall–Kier alpha value is -4.50. The van der Waals surface area contributed by atoms with E-state index < -0.39 is 0 Å². The van der Waals surface area contributed by atoms with Gasteiger partial charge < -0.3 is 20.4 Å². The molecule has 0 aliphatic rings. The molecule has 0 bridgehead atoms. The predicted octanol–water partition coefficient (Wildman–Crippen LogP) is 5.77. The van der Waals surface area contributed by atoms with Gasteiger partial charge in [0.05, 0.1) is 42.3 Å². The van der Waals surface area contributed by atoms with Crippen LogP contribution < -0.4 is 15.4 Å². The van der Waals surface area contributed by atoms with Gasteiger partial charge in [-0.05, 0) is 48.2 Å². The van der Waals surface area contributed by atoms with Crippen molar-refractivity contribution in [1.29, 1.82) is 0 Å². The Morgan fingerprint density at radius 3 is 2.62 bits per heavy atom. The van der Waals surface area contributed by atoms with Gasteiger partial charge in [-0.25, -0.2) is 4.98 Å². The van der Waals surface area contributed by atoms with E-state index in [4.69, 9.17) is 4.74 Å². The lowest BCUT2D eigenvalue weighted by Gasteiger charge is -2.16. The predicted molar refractivity (Wildman–Crippen MR) is 153 cm³/mol. The molecule has 0 spiro atoms. The van der Waals surface area contributed by atoms with Crippen LogP contribution in [0, 0.1) is 0 Å². The van der Waals surface area contributed by atoms with E-state index in [9.17, 15) is 9.59 Å². The third-order valence-electron chi connectivity index (χ3n) is 6.50. The van der Waals surface area contributed by atoms with Crippen LogP contribution in [-0.4, -0.2) is 40.4 Å². The molecular weight excluding hydrogens is 510 g/mol. The van der Waals surface area contributed by atoms with Crippen molar-refractivity contribution in [3.05, 3.63) is 101 Å². The minimum absolute atomic E-state index is 0.173. The highest BCUT2D eigenvalue weighted by molar-refractivity contribution is 7.11. The fourth-order valence-corrected chi connectivity index (χ4v) is 4.98. The van der Waals surface area contributed by atoms with Crippen LogP contribution in [0.15, 0.2) is 84.6 Å². The fourth-order valence-electron chi connectivity index (χ4n) is 4.45. The number of nitrogens with one attached hydrogen (secondary N) is 3. The highest BCUT2D eigenvalue weighted by atomic mass is 32.1. The summed E-state index contributed by atoms with van der Waals surface area (Å²) >= 11 is 1.30. The minimum Gasteiger partial charge on any atom is -0.496 e. The topological polar surface area (TPSA) is 109 Å². The monoisotopic (exact) mass is 539 g/mol. The highest BCUT2D eigenvalue weighted by Gasteiger charge is 2.20. The Labute approximate surface area is 230 Å². The number of methoxy groups -OCH3 is 1. The number of amides is 2. The SMILES string of the molecule is COc1ccccc1C(=O)NCCCCC(NC(=O)c1cncs1)c1ncc(-c2ccc3ccccc3c2)[nH]1. The molecule has 0 saturated heterocycles. The van der Waals surface area contributed by atoms with Crippen molar-refractivity contribution < 1.29 is 14.3 Å². The molecule has 0 aliphatic carbocycles. The quantitative estimate of drug-likeness (QED) is 0.185. The number of ether oxygens (including phenoxy) is 1. The zero-order chi connectivity index (χ0) is 27.0. The molecule has 1 atom stereocenters. The normalized spacial score (nSPS) is 11.7. The number of rotatable bonds is 11. The first-order chi connectivity index (χ1) is 19.1. The summed E-state index contributed by atoms with van der Waals surface area (Å²) in [4.78, 5) is 38.0. The average molecular weight is 540 g/mol. The van der Waals surface area contributed by atoms with Gasteiger partial charge in [-0.1, -0.05) is 48.5 Å². The van der Waals surface area contributed by atoms with Crippen LogP contribution in [0.2, 0.25) is 0 Å². The zero-order valence-electron chi connectivity index (χ0n) is 21.5. The first kappa shape index (κ1) is 26.1. The number of carbonyl (C=O) groups is 2. The lowest BCUT2D eigenvalue weighted by molar-refractivity contribution is 0.0935. The van der Waals surface area contributed by atoms with Gasteiger partial charge >= 0.3 is 0 Å². The summed E-state index contributed by atoms with van der Waals surface area (Å²) in [5.41, 5.74) is 4.06. The number of benzene rings is 3. The molecule has 9 heteroatoms. The van der Waals surface area contributed by atoms with E-state index in [-0.39, 0.29) is 17.9 Å². The molecule has 2 heterocycles. The summed E-state index contributed by atoms with van der Waals surface area (Å²) in [7, 11) is 1.55. The molecule has 198 valence electrons.